The number of ether oxygens (including phenoxy) is 2. The highest BCUT2D eigenvalue weighted by atomic mass is 19.4. The number of carbonyl (C=O) groups is 2. The van der Waals surface area contributed by atoms with Gasteiger partial charge in [-0.2, -0.15) is 13.2 Å². The summed E-state index contributed by atoms with van der Waals surface area (Å²) < 4.78 is 52.5. The molecular weight excluding hydrogens is 683 g/mol. The maximum absolute atomic E-state index is 13.1. The Labute approximate surface area is 309 Å². The first-order valence-electron chi connectivity index (χ1n) is 18.8. The Morgan fingerprint density at radius 2 is 1.66 bits per heavy atom. The maximum atomic E-state index is 13.1. The van der Waals surface area contributed by atoms with Crippen molar-refractivity contribution < 1.29 is 37.3 Å². The van der Waals surface area contributed by atoms with Crippen LogP contribution in [0.2, 0.25) is 0 Å². The molecule has 53 heavy (non-hydrogen) atoms. The van der Waals surface area contributed by atoms with Gasteiger partial charge in [0.15, 0.2) is 6.29 Å². The predicted molar refractivity (Wildman–Crippen MR) is 194 cm³/mol. The number of carbonyl (C=O) groups excluding carboxylic acids is 2. The number of benzene rings is 3. The second-order valence-corrected chi connectivity index (χ2v) is 16.7. The summed E-state index contributed by atoms with van der Waals surface area (Å²) in [5, 5.41) is 12.3. The van der Waals surface area contributed by atoms with Gasteiger partial charge in [0.25, 0.3) is 0 Å². The fourth-order valence-corrected chi connectivity index (χ4v) is 9.53. The van der Waals surface area contributed by atoms with Crippen LogP contribution in [-0.4, -0.2) is 70.7 Å². The van der Waals surface area contributed by atoms with Crippen LogP contribution < -0.4 is 5.32 Å². The first-order chi connectivity index (χ1) is 25.2. The molecule has 4 aliphatic rings. The SMILES string of the molecule is CC1(C)CC2CC(C)(CN2C[C@@H]2C[C@H](c3ccc(CO)cc3)O[C@H](c3ccc(-c4cccc(CNC(=O)[C@@H]5CCCN5C(=O)C(F)(F)F)c4)cc3)O2)C1. The summed E-state index contributed by atoms with van der Waals surface area (Å²) in [6.07, 6.45) is -0.850. The third-order valence-corrected chi connectivity index (χ3v) is 11.5. The second kappa shape index (κ2) is 14.8. The molecule has 3 heterocycles. The number of halogens is 3. The molecule has 7 rings (SSSR count). The molecule has 0 radical (unpaired) electrons. The number of likely N-dealkylation sites (tertiary alicyclic amines) is 2. The molecule has 3 saturated heterocycles. The highest BCUT2D eigenvalue weighted by molar-refractivity contribution is 5.90. The van der Waals surface area contributed by atoms with Crippen LogP contribution in [0.4, 0.5) is 13.2 Å². The summed E-state index contributed by atoms with van der Waals surface area (Å²) in [6, 6.07) is 23.1. The van der Waals surface area contributed by atoms with Gasteiger partial charge in [-0.1, -0.05) is 87.5 Å². The number of hydrogen-bond acceptors (Lipinski definition) is 6. The van der Waals surface area contributed by atoms with Crippen LogP contribution in [0.15, 0.2) is 72.8 Å². The van der Waals surface area contributed by atoms with Crippen molar-refractivity contribution in [2.75, 3.05) is 19.6 Å². The monoisotopic (exact) mass is 733 g/mol. The van der Waals surface area contributed by atoms with E-state index in [1.807, 2.05) is 72.8 Å². The summed E-state index contributed by atoms with van der Waals surface area (Å²) in [7, 11) is 0. The van der Waals surface area contributed by atoms with Crippen LogP contribution in [-0.2, 0) is 32.2 Å². The molecule has 4 fully saturated rings. The summed E-state index contributed by atoms with van der Waals surface area (Å²) in [5.74, 6) is -2.56. The molecule has 284 valence electrons. The van der Waals surface area contributed by atoms with Crippen molar-refractivity contribution in [3.63, 3.8) is 0 Å². The lowest BCUT2D eigenvalue weighted by Crippen LogP contribution is -2.50. The van der Waals surface area contributed by atoms with Crippen LogP contribution in [0.1, 0.15) is 93.9 Å². The minimum atomic E-state index is -5.01. The number of nitrogens with zero attached hydrogens (tertiary/aromatic N) is 2. The summed E-state index contributed by atoms with van der Waals surface area (Å²) in [5.41, 5.74) is 6.12. The van der Waals surface area contributed by atoms with Crippen molar-refractivity contribution in [3.8, 4) is 11.1 Å². The number of nitrogens with one attached hydrogen (secondary N) is 1. The van der Waals surface area contributed by atoms with Gasteiger partial charge in [-0.05, 0) is 76.8 Å². The predicted octanol–water partition coefficient (Wildman–Crippen LogP) is 7.46. The van der Waals surface area contributed by atoms with Gasteiger partial charge in [0, 0.05) is 44.2 Å². The molecule has 1 aliphatic carbocycles. The van der Waals surface area contributed by atoms with Crippen LogP contribution in [0.3, 0.4) is 0 Å². The van der Waals surface area contributed by atoms with E-state index in [4.69, 9.17) is 9.47 Å². The summed E-state index contributed by atoms with van der Waals surface area (Å²) >= 11 is 0. The fourth-order valence-electron chi connectivity index (χ4n) is 9.53. The van der Waals surface area contributed by atoms with Crippen molar-refractivity contribution in [3.05, 3.63) is 95.1 Å². The van der Waals surface area contributed by atoms with Gasteiger partial charge >= 0.3 is 12.1 Å². The fraction of sp³-hybridized carbons (Fsp3) is 0.524. The lowest BCUT2D eigenvalue weighted by atomic mass is 9.65. The van der Waals surface area contributed by atoms with E-state index in [0.29, 0.717) is 28.2 Å². The lowest BCUT2D eigenvalue weighted by molar-refractivity contribution is -0.253. The smallest absolute Gasteiger partial charge is 0.392 e. The quantitative estimate of drug-likeness (QED) is 0.237. The molecule has 2 bridgehead atoms. The van der Waals surface area contributed by atoms with Gasteiger partial charge in [-0.25, -0.2) is 0 Å². The van der Waals surface area contributed by atoms with E-state index >= 15 is 0 Å². The molecule has 2 amide bonds. The molecule has 3 aliphatic heterocycles. The molecular formula is C42H50F3N3O5. The molecule has 2 N–H and O–H groups in total. The number of aliphatic hydroxyl groups excluding tert-OH is 1. The maximum Gasteiger partial charge on any atom is 0.471 e. The number of alkyl halides is 3. The third-order valence-electron chi connectivity index (χ3n) is 11.5. The van der Waals surface area contributed by atoms with Crippen LogP contribution >= 0.6 is 0 Å². The molecule has 2 unspecified atom stereocenters. The van der Waals surface area contributed by atoms with Crippen molar-refractivity contribution in [1.82, 2.24) is 15.1 Å². The van der Waals surface area contributed by atoms with E-state index in [1.54, 1.807) is 0 Å². The zero-order chi connectivity index (χ0) is 37.5. The van der Waals surface area contributed by atoms with Gasteiger partial charge in [0.2, 0.25) is 5.91 Å². The number of hydrogen-bond donors (Lipinski definition) is 2. The molecule has 3 aromatic carbocycles. The minimum absolute atomic E-state index is 0.0117. The van der Waals surface area contributed by atoms with E-state index in [1.165, 1.54) is 19.3 Å². The number of rotatable bonds is 9. The highest BCUT2D eigenvalue weighted by Gasteiger charge is 2.50. The molecule has 0 aromatic heterocycles. The van der Waals surface area contributed by atoms with E-state index in [0.717, 1.165) is 52.9 Å². The third kappa shape index (κ3) is 8.48. The molecule has 11 heteroatoms. The zero-order valence-corrected chi connectivity index (χ0v) is 30.7. The Kier molecular flexibility index (Phi) is 10.5. The minimum Gasteiger partial charge on any atom is -0.392 e. The Morgan fingerprint density at radius 1 is 0.925 bits per heavy atom. The van der Waals surface area contributed by atoms with E-state index in [2.05, 4.69) is 31.0 Å². The molecule has 8 nitrogen and oxygen atoms in total. The summed E-state index contributed by atoms with van der Waals surface area (Å²) in [4.78, 5) is 28.0. The first-order valence-corrected chi connectivity index (χ1v) is 18.8. The number of aliphatic hydroxyl groups is 1. The number of fused-ring (bicyclic) bond motifs is 2. The van der Waals surface area contributed by atoms with Crippen LogP contribution in [0.25, 0.3) is 11.1 Å². The van der Waals surface area contributed by atoms with E-state index in [-0.39, 0.29) is 38.3 Å². The zero-order valence-electron chi connectivity index (χ0n) is 30.7. The van der Waals surface area contributed by atoms with E-state index in [9.17, 15) is 27.9 Å². The van der Waals surface area contributed by atoms with Crippen LogP contribution in [0.5, 0.6) is 0 Å². The largest absolute Gasteiger partial charge is 0.471 e. The highest BCUT2D eigenvalue weighted by Crippen LogP contribution is 2.53. The average Bonchev–Trinajstić information content (AvgIpc) is 3.71. The Balaban J connectivity index is 1.04. The topological polar surface area (TPSA) is 91.3 Å². The standard InChI is InChI=1S/C42H50F3N3O5/c1-40(2)20-33-21-41(3,25-40)26-47(33)23-34-19-36(30-11-9-27(24-49)10-12-30)53-38(52-34)31-15-13-29(14-16-31)32-7-4-6-28(18-32)22-46-37(50)35-8-5-17-48(35)39(51)42(43,44)45/h4,6-7,9-16,18,33-36,38,49H,5,8,17,19-26H2,1-3H3,(H,46,50)/t33?,34-,35-,36+,38+,41?/m0/s1. The number of amides is 2. The van der Waals surface area contributed by atoms with Crippen molar-refractivity contribution in [2.24, 2.45) is 10.8 Å². The normalized spacial score (nSPS) is 28.6. The Hall–Kier alpha value is -3.77. The molecule has 6 atom stereocenters. The average molecular weight is 734 g/mol. The van der Waals surface area contributed by atoms with Crippen molar-refractivity contribution in [1.29, 1.82) is 0 Å². The Bertz CT molecular complexity index is 1780. The molecule has 1 saturated carbocycles. The van der Waals surface area contributed by atoms with Gasteiger partial charge < -0.3 is 24.8 Å². The second-order valence-electron chi connectivity index (χ2n) is 16.7. The van der Waals surface area contributed by atoms with Gasteiger partial charge in [-0.3, -0.25) is 14.5 Å². The molecule has 3 aromatic rings. The molecule has 0 spiro atoms. The van der Waals surface area contributed by atoms with Crippen molar-refractivity contribution in [2.45, 2.75) is 109 Å². The van der Waals surface area contributed by atoms with Crippen LogP contribution in [0, 0.1) is 10.8 Å². The summed E-state index contributed by atoms with van der Waals surface area (Å²) in [6.45, 7) is 9.17. The van der Waals surface area contributed by atoms with Gasteiger partial charge in [0.05, 0.1) is 18.8 Å². The Morgan fingerprint density at radius 3 is 2.38 bits per heavy atom. The van der Waals surface area contributed by atoms with Crippen molar-refractivity contribution >= 4 is 11.8 Å². The first kappa shape index (κ1) is 37.5. The van der Waals surface area contributed by atoms with Gasteiger partial charge in [0.1, 0.15) is 6.04 Å². The lowest BCUT2D eigenvalue weighted by Gasteiger charge is -2.41. The van der Waals surface area contributed by atoms with Gasteiger partial charge in [-0.15, -0.1) is 0 Å². The van der Waals surface area contributed by atoms with E-state index < -0.39 is 30.3 Å².